The van der Waals surface area contributed by atoms with Gasteiger partial charge in [-0.25, -0.2) is 4.39 Å². The molecule has 0 radical (unpaired) electrons. The molecule has 3 nitrogen and oxygen atoms in total. The van der Waals surface area contributed by atoms with Crippen LogP contribution in [0.2, 0.25) is 5.02 Å². The lowest BCUT2D eigenvalue weighted by molar-refractivity contribution is -0.718. The Kier molecular flexibility index (Phi) is 6.35. The van der Waals surface area contributed by atoms with E-state index < -0.39 is 5.82 Å². The average Bonchev–Trinajstić information content (AvgIpc) is 2.55. The van der Waals surface area contributed by atoms with Gasteiger partial charge in [0.2, 0.25) is 0 Å². The van der Waals surface area contributed by atoms with Crippen LogP contribution in [0.1, 0.15) is 32.4 Å². The Labute approximate surface area is 147 Å². The summed E-state index contributed by atoms with van der Waals surface area (Å²) in [5.41, 5.74) is 1.61. The van der Waals surface area contributed by atoms with E-state index in [-0.39, 0.29) is 23.0 Å². The highest BCUT2D eigenvalue weighted by atomic mass is 35.5. The van der Waals surface area contributed by atoms with Crippen molar-refractivity contribution in [2.24, 2.45) is 5.92 Å². The van der Waals surface area contributed by atoms with Crippen LogP contribution in [0.15, 0.2) is 48.5 Å². The molecule has 24 heavy (non-hydrogen) atoms. The third-order valence-electron chi connectivity index (χ3n) is 4.00. The maximum atomic E-state index is 13.1. The van der Waals surface area contributed by atoms with Gasteiger partial charge >= 0.3 is 0 Å². The third kappa shape index (κ3) is 4.79. The van der Waals surface area contributed by atoms with Gasteiger partial charge in [0, 0.05) is 11.5 Å². The quantitative estimate of drug-likeness (QED) is 0.819. The van der Waals surface area contributed by atoms with Crippen LogP contribution in [0.25, 0.3) is 0 Å². The standard InChI is InChI=1S/C19H22ClFN2O/c1-12(2)18(14-7-5-4-6-8-14)22-13(3)19(24)23-17-10-9-15(21)11-16(17)20/h4-13,18,22H,1-3H3,(H,23,24)/p+1/t13-,18-/m0/s1. The molecule has 5 heteroatoms. The Morgan fingerprint density at radius 3 is 2.38 bits per heavy atom. The topological polar surface area (TPSA) is 45.7 Å². The summed E-state index contributed by atoms with van der Waals surface area (Å²) in [5.74, 6) is -0.219. The monoisotopic (exact) mass is 349 g/mol. The van der Waals surface area contributed by atoms with Gasteiger partial charge < -0.3 is 10.6 Å². The second-order valence-electron chi connectivity index (χ2n) is 6.28. The zero-order chi connectivity index (χ0) is 17.7. The van der Waals surface area contributed by atoms with E-state index in [1.807, 2.05) is 30.4 Å². The number of carbonyl (C=O) groups excluding carboxylic acids is 1. The first-order valence-electron chi connectivity index (χ1n) is 8.04. The van der Waals surface area contributed by atoms with E-state index in [9.17, 15) is 9.18 Å². The summed E-state index contributed by atoms with van der Waals surface area (Å²) >= 11 is 5.97. The summed E-state index contributed by atoms with van der Waals surface area (Å²) in [4.78, 5) is 12.4. The molecule has 2 aromatic rings. The van der Waals surface area contributed by atoms with E-state index in [2.05, 4.69) is 31.3 Å². The van der Waals surface area contributed by atoms with E-state index in [0.29, 0.717) is 11.6 Å². The maximum Gasteiger partial charge on any atom is 0.282 e. The van der Waals surface area contributed by atoms with Gasteiger partial charge in [-0.05, 0) is 25.1 Å². The van der Waals surface area contributed by atoms with Crippen LogP contribution in [0.5, 0.6) is 0 Å². The minimum atomic E-state index is -0.429. The Morgan fingerprint density at radius 2 is 1.79 bits per heavy atom. The molecular weight excluding hydrogens is 327 g/mol. The zero-order valence-corrected chi connectivity index (χ0v) is 14.8. The Hall–Kier alpha value is -1.91. The zero-order valence-electron chi connectivity index (χ0n) is 14.1. The fraction of sp³-hybridized carbons (Fsp3) is 0.316. The van der Waals surface area contributed by atoms with E-state index in [1.54, 1.807) is 0 Å². The average molecular weight is 350 g/mol. The minimum Gasteiger partial charge on any atom is -0.330 e. The molecule has 0 bridgehead atoms. The van der Waals surface area contributed by atoms with Crippen molar-refractivity contribution in [2.75, 3.05) is 5.32 Å². The van der Waals surface area contributed by atoms with Crippen LogP contribution in [-0.4, -0.2) is 11.9 Å². The Bertz CT molecular complexity index is 691. The van der Waals surface area contributed by atoms with Crippen molar-refractivity contribution < 1.29 is 14.5 Å². The van der Waals surface area contributed by atoms with Crippen molar-refractivity contribution in [1.29, 1.82) is 0 Å². The molecule has 0 saturated heterocycles. The number of nitrogens with one attached hydrogen (secondary N) is 1. The van der Waals surface area contributed by atoms with Gasteiger partial charge in [0.15, 0.2) is 6.04 Å². The molecule has 128 valence electrons. The molecule has 1 amide bonds. The van der Waals surface area contributed by atoms with Gasteiger partial charge in [-0.15, -0.1) is 0 Å². The largest absolute Gasteiger partial charge is 0.330 e. The molecule has 0 heterocycles. The normalized spacial score (nSPS) is 13.6. The summed E-state index contributed by atoms with van der Waals surface area (Å²) in [7, 11) is 0. The van der Waals surface area contributed by atoms with Crippen molar-refractivity contribution in [1.82, 2.24) is 0 Å². The van der Waals surface area contributed by atoms with E-state index >= 15 is 0 Å². The van der Waals surface area contributed by atoms with Crippen LogP contribution in [0, 0.1) is 11.7 Å². The van der Waals surface area contributed by atoms with E-state index in [1.165, 1.54) is 23.8 Å². The summed E-state index contributed by atoms with van der Waals surface area (Å²) in [6.45, 7) is 6.12. The molecule has 0 unspecified atom stereocenters. The van der Waals surface area contributed by atoms with Crippen LogP contribution < -0.4 is 10.6 Å². The first-order chi connectivity index (χ1) is 11.4. The van der Waals surface area contributed by atoms with Crippen LogP contribution in [0.3, 0.4) is 0 Å². The number of amides is 1. The van der Waals surface area contributed by atoms with Crippen molar-refractivity contribution in [3.05, 3.63) is 64.9 Å². The van der Waals surface area contributed by atoms with E-state index in [4.69, 9.17) is 11.6 Å². The Balaban J connectivity index is 2.06. The van der Waals surface area contributed by atoms with Gasteiger partial charge in [-0.3, -0.25) is 4.79 Å². The number of nitrogens with two attached hydrogens (primary N) is 1. The highest BCUT2D eigenvalue weighted by Crippen LogP contribution is 2.22. The molecule has 0 spiro atoms. The number of hydrogen-bond donors (Lipinski definition) is 2. The third-order valence-corrected chi connectivity index (χ3v) is 4.31. The van der Waals surface area contributed by atoms with Gasteiger partial charge in [-0.2, -0.15) is 0 Å². The van der Waals surface area contributed by atoms with Gasteiger partial charge in [0.1, 0.15) is 11.9 Å². The smallest absolute Gasteiger partial charge is 0.282 e. The predicted molar refractivity (Wildman–Crippen MR) is 95.4 cm³/mol. The predicted octanol–water partition coefficient (Wildman–Crippen LogP) is 3.77. The second kappa shape index (κ2) is 8.27. The summed E-state index contributed by atoms with van der Waals surface area (Å²) in [6, 6.07) is 13.9. The van der Waals surface area contributed by atoms with Gasteiger partial charge in [-0.1, -0.05) is 55.8 Å². The van der Waals surface area contributed by atoms with Crippen molar-refractivity contribution >= 4 is 23.2 Å². The van der Waals surface area contributed by atoms with E-state index in [0.717, 1.165) is 0 Å². The number of anilines is 1. The highest BCUT2D eigenvalue weighted by Gasteiger charge is 2.26. The Morgan fingerprint density at radius 1 is 1.12 bits per heavy atom. The number of hydrogen-bond acceptors (Lipinski definition) is 1. The molecule has 0 fully saturated rings. The van der Waals surface area contributed by atoms with Gasteiger partial charge in [0.05, 0.1) is 10.7 Å². The molecular formula is C19H23ClFN2O+. The fourth-order valence-electron chi connectivity index (χ4n) is 2.63. The van der Waals surface area contributed by atoms with Crippen LogP contribution in [0.4, 0.5) is 10.1 Å². The minimum absolute atomic E-state index is 0.162. The molecule has 2 atom stereocenters. The van der Waals surface area contributed by atoms with Crippen molar-refractivity contribution in [3.8, 4) is 0 Å². The lowest BCUT2D eigenvalue weighted by Crippen LogP contribution is -2.93. The van der Waals surface area contributed by atoms with Crippen molar-refractivity contribution in [2.45, 2.75) is 32.9 Å². The lowest BCUT2D eigenvalue weighted by atomic mass is 9.95. The number of carbonyl (C=O) groups is 1. The van der Waals surface area contributed by atoms with Crippen LogP contribution in [-0.2, 0) is 4.79 Å². The first kappa shape index (κ1) is 18.4. The molecule has 0 saturated carbocycles. The van der Waals surface area contributed by atoms with Gasteiger partial charge in [0.25, 0.3) is 5.91 Å². The number of halogens is 2. The molecule has 2 rings (SSSR count). The summed E-state index contributed by atoms with van der Waals surface area (Å²) in [6.07, 6.45) is 0. The number of quaternary nitrogens is 1. The molecule has 0 aliphatic heterocycles. The highest BCUT2D eigenvalue weighted by molar-refractivity contribution is 6.33. The summed E-state index contributed by atoms with van der Waals surface area (Å²) in [5, 5.41) is 5.01. The molecule has 0 aliphatic carbocycles. The lowest BCUT2D eigenvalue weighted by Gasteiger charge is -2.23. The molecule has 0 aromatic heterocycles. The number of rotatable bonds is 6. The molecule has 0 aliphatic rings. The molecule has 2 aromatic carbocycles. The fourth-order valence-corrected chi connectivity index (χ4v) is 2.84. The SMILES string of the molecule is CC(C)[C@H]([NH2+][C@@H](C)C(=O)Nc1ccc(F)cc1Cl)c1ccccc1. The second-order valence-corrected chi connectivity index (χ2v) is 6.68. The maximum absolute atomic E-state index is 13.1. The first-order valence-corrected chi connectivity index (χ1v) is 8.42. The van der Waals surface area contributed by atoms with Crippen LogP contribution >= 0.6 is 11.6 Å². The number of benzene rings is 2. The summed E-state index contributed by atoms with van der Waals surface area (Å²) < 4.78 is 13.1. The van der Waals surface area contributed by atoms with Crippen molar-refractivity contribution in [3.63, 3.8) is 0 Å². The molecule has 3 N–H and O–H groups in total.